The molecule has 0 unspecified atom stereocenters. The van der Waals surface area contributed by atoms with Crippen molar-refractivity contribution in [1.29, 1.82) is 0 Å². The normalized spacial score (nSPS) is 10.2. The number of nitrogens with zero attached hydrogens (tertiary/aromatic N) is 1. The molecule has 3 aromatic carbocycles. The maximum Gasteiger partial charge on any atom is 0.306 e. The van der Waals surface area contributed by atoms with Crippen molar-refractivity contribution >= 4 is 29.0 Å². The summed E-state index contributed by atoms with van der Waals surface area (Å²) in [5.41, 5.74) is 1.84. The summed E-state index contributed by atoms with van der Waals surface area (Å²) in [7, 11) is 1.54. The number of hydrogen-bond donors (Lipinski definition) is 0. The van der Waals surface area contributed by atoms with E-state index in [0.29, 0.717) is 22.7 Å². The van der Waals surface area contributed by atoms with Crippen LogP contribution in [0.5, 0.6) is 5.75 Å². The van der Waals surface area contributed by atoms with Crippen LogP contribution in [0.3, 0.4) is 0 Å². The number of methoxy groups -OCH3 is 1. The molecule has 158 valence electrons. The standard InChI is InChI=1S/C25H23NO5/c1-30-22-14-12-19(13-15-22)23(27)18-31-25(29)17-16-24(28)26(20-8-4-2-5-9-20)21-10-6-3-7-11-21/h2-15H,16-18H2,1H3. The van der Waals surface area contributed by atoms with Gasteiger partial charge >= 0.3 is 5.97 Å². The summed E-state index contributed by atoms with van der Waals surface area (Å²) in [6.45, 7) is -0.375. The predicted molar refractivity (Wildman–Crippen MR) is 118 cm³/mol. The van der Waals surface area contributed by atoms with Gasteiger partial charge in [-0.05, 0) is 48.5 Å². The number of rotatable bonds is 9. The molecule has 0 atom stereocenters. The summed E-state index contributed by atoms with van der Waals surface area (Å²) in [4.78, 5) is 38.8. The summed E-state index contributed by atoms with van der Waals surface area (Å²) in [5.74, 6) is -0.530. The molecule has 0 bridgehead atoms. The monoisotopic (exact) mass is 417 g/mol. The summed E-state index contributed by atoms with van der Waals surface area (Å²) in [6, 6.07) is 25.0. The molecule has 31 heavy (non-hydrogen) atoms. The van der Waals surface area contributed by atoms with Crippen molar-refractivity contribution in [2.24, 2.45) is 0 Å². The SMILES string of the molecule is COc1ccc(C(=O)COC(=O)CCC(=O)N(c2ccccc2)c2ccccc2)cc1. The lowest BCUT2D eigenvalue weighted by Gasteiger charge is -2.23. The first kappa shape index (κ1) is 21.8. The van der Waals surface area contributed by atoms with Gasteiger partial charge < -0.3 is 9.47 Å². The molecular formula is C25H23NO5. The molecule has 0 fully saturated rings. The summed E-state index contributed by atoms with van der Waals surface area (Å²) >= 11 is 0. The van der Waals surface area contributed by atoms with E-state index < -0.39 is 5.97 Å². The molecule has 0 aliphatic rings. The van der Waals surface area contributed by atoms with Gasteiger partial charge in [-0.25, -0.2) is 0 Å². The number of Topliss-reactive ketones (excluding diaryl/α,β-unsaturated/α-hetero) is 1. The number of para-hydroxylation sites is 2. The minimum absolute atomic E-state index is 0.0423. The highest BCUT2D eigenvalue weighted by Crippen LogP contribution is 2.26. The molecule has 0 radical (unpaired) electrons. The van der Waals surface area contributed by atoms with Crippen molar-refractivity contribution in [3.63, 3.8) is 0 Å². The molecule has 0 aromatic heterocycles. The van der Waals surface area contributed by atoms with Gasteiger partial charge in [-0.15, -0.1) is 0 Å². The summed E-state index contributed by atoms with van der Waals surface area (Å²) < 4.78 is 10.1. The molecule has 0 N–H and O–H groups in total. The Balaban J connectivity index is 1.56. The number of amides is 1. The lowest BCUT2D eigenvalue weighted by atomic mass is 10.1. The molecule has 0 heterocycles. The number of ether oxygens (including phenoxy) is 2. The molecule has 0 aliphatic carbocycles. The number of carbonyl (C=O) groups excluding carboxylic acids is 3. The van der Waals surface area contributed by atoms with Crippen LogP contribution in [0, 0.1) is 0 Å². The summed E-state index contributed by atoms with van der Waals surface area (Å²) in [6.07, 6.45) is -0.162. The number of esters is 1. The van der Waals surface area contributed by atoms with Gasteiger partial charge in [0.1, 0.15) is 5.75 Å². The van der Waals surface area contributed by atoms with E-state index in [0.717, 1.165) is 0 Å². The first-order valence-electron chi connectivity index (χ1n) is 9.84. The van der Waals surface area contributed by atoms with Gasteiger partial charge in [0.05, 0.1) is 13.5 Å². The fraction of sp³-hybridized carbons (Fsp3) is 0.160. The highest BCUT2D eigenvalue weighted by atomic mass is 16.5. The molecule has 1 amide bonds. The van der Waals surface area contributed by atoms with Crippen molar-refractivity contribution in [2.45, 2.75) is 12.8 Å². The van der Waals surface area contributed by atoms with Crippen LogP contribution >= 0.6 is 0 Å². The Labute approximate surface area is 181 Å². The van der Waals surface area contributed by atoms with Crippen LogP contribution in [-0.2, 0) is 14.3 Å². The zero-order chi connectivity index (χ0) is 22.1. The molecule has 0 saturated heterocycles. The first-order valence-corrected chi connectivity index (χ1v) is 9.84. The topological polar surface area (TPSA) is 72.9 Å². The number of hydrogen-bond acceptors (Lipinski definition) is 5. The van der Waals surface area contributed by atoms with Crippen LogP contribution in [0.4, 0.5) is 11.4 Å². The Bertz CT molecular complexity index is 977. The zero-order valence-electron chi connectivity index (χ0n) is 17.2. The first-order chi connectivity index (χ1) is 15.1. The van der Waals surface area contributed by atoms with Crippen molar-refractivity contribution in [3.05, 3.63) is 90.5 Å². The third-order valence-electron chi connectivity index (χ3n) is 4.60. The molecule has 6 nitrogen and oxygen atoms in total. The van der Waals surface area contributed by atoms with Crippen LogP contribution in [0.15, 0.2) is 84.9 Å². The quantitative estimate of drug-likeness (QED) is 0.377. The van der Waals surface area contributed by atoms with E-state index in [9.17, 15) is 14.4 Å². The molecule has 0 saturated carbocycles. The molecular weight excluding hydrogens is 394 g/mol. The van der Waals surface area contributed by atoms with Crippen molar-refractivity contribution in [3.8, 4) is 5.75 Å². The maximum atomic E-state index is 12.9. The van der Waals surface area contributed by atoms with Crippen LogP contribution in [0.2, 0.25) is 0 Å². The average Bonchev–Trinajstić information content (AvgIpc) is 2.83. The maximum absolute atomic E-state index is 12.9. The highest BCUT2D eigenvalue weighted by molar-refractivity contribution is 6.02. The van der Waals surface area contributed by atoms with Crippen molar-refractivity contribution in [1.82, 2.24) is 0 Å². The highest BCUT2D eigenvalue weighted by Gasteiger charge is 2.19. The fourth-order valence-corrected chi connectivity index (χ4v) is 2.99. The minimum atomic E-state index is -0.601. The van der Waals surface area contributed by atoms with Gasteiger partial charge in [-0.1, -0.05) is 36.4 Å². The third kappa shape index (κ3) is 6.02. The van der Waals surface area contributed by atoms with E-state index in [2.05, 4.69) is 0 Å². The Morgan fingerprint density at radius 2 is 1.29 bits per heavy atom. The third-order valence-corrected chi connectivity index (χ3v) is 4.60. The van der Waals surface area contributed by atoms with Gasteiger partial charge in [0, 0.05) is 23.4 Å². The Morgan fingerprint density at radius 1 is 0.742 bits per heavy atom. The minimum Gasteiger partial charge on any atom is -0.497 e. The van der Waals surface area contributed by atoms with E-state index in [4.69, 9.17) is 9.47 Å². The van der Waals surface area contributed by atoms with Gasteiger partial charge in [-0.3, -0.25) is 19.3 Å². The van der Waals surface area contributed by atoms with E-state index in [-0.39, 0.29) is 31.1 Å². The average molecular weight is 417 g/mol. The second-order valence-electron chi connectivity index (χ2n) is 6.71. The van der Waals surface area contributed by atoms with E-state index in [1.54, 1.807) is 29.2 Å². The molecule has 3 rings (SSSR count). The molecule has 6 heteroatoms. The predicted octanol–water partition coefficient (Wildman–Crippen LogP) is 4.57. The number of benzene rings is 3. The van der Waals surface area contributed by atoms with Crippen LogP contribution in [-0.4, -0.2) is 31.4 Å². The van der Waals surface area contributed by atoms with Crippen LogP contribution in [0.25, 0.3) is 0 Å². The van der Waals surface area contributed by atoms with Gasteiger partial charge in [0.15, 0.2) is 12.4 Å². The lowest BCUT2D eigenvalue weighted by molar-refractivity contribution is -0.143. The fourth-order valence-electron chi connectivity index (χ4n) is 2.99. The number of anilines is 2. The second-order valence-corrected chi connectivity index (χ2v) is 6.71. The second kappa shape index (κ2) is 10.7. The molecule has 0 aliphatic heterocycles. The molecule has 3 aromatic rings. The van der Waals surface area contributed by atoms with E-state index in [1.807, 2.05) is 60.7 Å². The van der Waals surface area contributed by atoms with Crippen LogP contribution in [0.1, 0.15) is 23.2 Å². The Hall–Kier alpha value is -3.93. The largest absolute Gasteiger partial charge is 0.497 e. The summed E-state index contributed by atoms with van der Waals surface area (Å²) in [5, 5.41) is 0. The van der Waals surface area contributed by atoms with Gasteiger partial charge in [-0.2, -0.15) is 0 Å². The van der Waals surface area contributed by atoms with Crippen molar-refractivity contribution in [2.75, 3.05) is 18.6 Å². The Kier molecular flexibility index (Phi) is 7.54. The number of carbonyl (C=O) groups is 3. The molecule has 0 spiro atoms. The van der Waals surface area contributed by atoms with Crippen molar-refractivity contribution < 1.29 is 23.9 Å². The Morgan fingerprint density at radius 3 is 1.81 bits per heavy atom. The lowest BCUT2D eigenvalue weighted by Crippen LogP contribution is -2.26. The van der Waals surface area contributed by atoms with E-state index >= 15 is 0 Å². The van der Waals surface area contributed by atoms with E-state index in [1.165, 1.54) is 7.11 Å². The zero-order valence-corrected chi connectivity index (χ0v) is 17.2. The van der Waals surface area contributed by atoms with Crippen LogP contribution < -0.4 is 9.64 Å². The van der Waals surface area contributed by atoms with Gasteiger partial charge in [0.25, 0.3) is 0 Å². The number of ketones is 1. The smallest absolute Gasteiger partial charge is 0.306 e. The van der Waals surface area contributed by atoms with Gasteiger partial charge in [0.2, 0.25) is 5.91 Å².